The fourth-order valence-electron chi connectivity index (χ4n) is 3.56. The van der Waals surface area contributed by atoms with E-state index in [2.05, 4.69) is 30.1 Å². The van der Waals surface area contributed by atoms with Crippen LogP contribution < -0.4 is 20.1 Å². The summed E-state index contributed by atoms with van der Waals surface area (Å²) in [4.78, 5) is 21.0. The van der Waals surface area contributed by atoms with Gasteiger partial charge in [0.1, 0.15) is 17.4 Å². The van der Waals surface area contributed by atoms with E-state index >= 15 is 0 Å². The van der Waals surface area contributed by atoms with Gasteiger partial charge in [-0.1, -0.05) is 30.3 Å². The molecular weight excluding hydrogens is 535 g/mol. The first-order valence-corrected chi connectivity index (χ1v) is 12.5. The number of nitrogens with zero attached hydrogens (tertiary/aromatic N) is 2. The summed E-state index contributed by atoms with van der Waals surface area (Å²) in [5.41, 5.74) is 3.16. The normalized spacial score (nSPS) is 11.9. The molecule has 1 atom stereocenters. The first-order valence-electron chi connectivity index (χ1n) is 11.4. The number of ketones is 1. The molecule has 0 aliphatic carbocycles. The molecule has 1 aromatic heterocycles. The fraction of sp³-hybridized carbons (Fsp3) is 0.115. The van der Waals surface area contributed by atoms with E-state index in [4.69, 9.17) is 4.55 Å². The van der Waals surface area contributed by atoms with E-state index < -0.39 is 17.6 Å². The van der Waals surface area contributed by atoms with E-state index in [1.165, 1.54) is 24.3 Å². The Morgan fingerprint density at radius 2 is 1.51 bits per heavy atom. The minimum absolute atomic E-state index is 0.0832. The highest BCUT2D eigenvalue weighted by Crippen LogP contribution is 2.24. The second-order valence-corrected chi connectivity index (χ2v) is 8.93. The third kappa shape index (κ3) is 9.09. The Bertz CT molecular complexity index is 1450. The van der Waals surface area contributed by atoms with Crippen LogP contribution in [0, 0.1) is 0 Å². The van der Waals surface area contributed by atoms with Gasteiger partial charge in [0.05, 0.1) is 5.69 Å². The molecule has 0 bridgehead atoms. The number of carbonyl (C=O) groups is 1. The van der Waals surface area contributed by atoms with Gasteiger partial charge >= 0.3 is 6.36 Å². The molecule has 0 aliphatic heterocycles. The van der Waals surface area contributed by atoms with Crippen molar-refractivity contribution in [2.45, 2.75) is 19.2 Å². The number of anilines is 5. The number of hydrogen-bond acceptors (Lipinski definition) is 7. The number of alkyl halides is 3. The maximum Gasteiger partial charge on any atom is 0.573 e. The molecule has 0 spiro atoms. The number of nitrogens with one attached hydrogen (secondary N) is 3. The molecule has 3 aromatic carbocycles. The molecular formula is C26H22F3N5O4S. The summed E-state index contributed by atoms with van der Waals surface area (Å²) in [6, 6.07) is 20.8. The van der Waals surface area contributed by atoms with Crippen LogP contribution in [0.4, 0.5) is 42.0 Å². The van der Waals surface area contributed by atoms with Crippen molar-refractivity contribution >= 4 is 45.9 Å². The Labute approximate surface area is 223 Å². The molecule has 0 saturated heterocycles. The topological polar surface area (TPSA) is 125 Å². The fourth-order valence-corrected chi connectivity index (χ4v) is 3.89. The summed E-state index contributed by atoms with van der Waals surface area (Å²) in [7, 11) is 0. The van der Waals surface area contributed by atoms with Crippen molar-refractivity contribution in [2.75, 3.05) is 15.4 Å². The summed E-state index contributed by atoms with van der Waals surface area (Å²) in [5, 5.41) is 6.19. The molecule has 9 nitrogen and oxygen atoms in total. The molecule has 1 heterocycles. The lowest BCUT2D eigenvalue weighted by atomic mass is 10.0. The predicted molar refractivity (Wildman–Crippen MR) is 141 cm³/mol. The Morgan fingerprint density at radius 3 is 2.15 bits per heavy atom. The highest BCUT2D eigenvalue weighted by atomic mass is 32.2. The summed E-state index contributed by atoms with van der Waals surface area (Å²) >= 11 is -2.19. The second kappa shape index (κ2) is 12.4. The summed E-state index contributed by atoms with van der Waals surface area (Å²) < 4.78 is 63.0. The number of halogens is 3. The minimum atomic E-state index is -4.76. The largest absolute Gasteiger partial charge is 0.573 e. The van der Waals surface area contributed by atoms with Crippen molar-refractivity contribution < 1.29 is 31.5 Å². The quantitative estimate of drug-likeness (QED) is 0.172. The van der Waals surface area contributed by atoms with Crippen molar-refractivity contribution in [3.05, 3.63) is 96.2 Å². The Kier molecular flexibility index (Phi) is 8.74. The molecule has 4 rings (SSSR count). The van der Waals surface area contributed by atoms with Crippen LogP contribution in [0.3, 0.4) is 0 Å². The smallest absolute Gasteiger partial charge is 0.406 e. The number of hydrogen-bond donors (Lipinski definition) is 4. The molecule has 1 unspecified atom stereocenters. The monoisotopic (exact) mass is 557 g/mol. The molecule has 0 amide bonds. The minimum Gasteiger partial charge on any atom is -0.406 e. The summed E-state index contributed by atoms with van der Waals surface area (Å²) in [5.74, 6) is 0.399. The number of ether oxygens (including phenoxy) is 1. The van der Waals surface area contributed by atoms with Crippen molar-refractivity contribution in [2.24, 2.45) is 0 Å². The number of benzene rings is 3. The zero-order chi connectivity index (χ0) is 27.8. The lowest BCUT2D eigenvalue weighted by Gasteiger charge is -2.10. The molecule has 0 saturated carbocycles. The molecule has 202 valence electrons. The van der Waals surface area contributed by atoms with Crippen LogP contribution in [0.2, 0.25) is 0 Å². The van der Waals surface area contributed by atoms with Crippen LogP contribution in [-0.4, -0.2) is 30.9 Å². The maximum absolute atomic E-state index is 12.5. The van der Waals surface area contributed by atoms with E-state index in [-0.39, 0.29) is 24.4 Å². The lowest BCUT2D eigenvalue weighted by Crippen LogP contribution is -2.17. The number of Topliss-reactive ketones (excluding diaryl/α,β-unsaturated/α-hetero) is 1. The van der Waals surface area contributed by atoms with Gasteiger partial charge in [-0.15, -0.1) is 13.2 Å². The highest BCUT2D eigenvalue weighted by Gasteiger charge is 2.30. The van der Waals surface area contributed by atoms with Crippen molar-refractivity contribution in [3.8, 4) is 5.75 Å². The first kappa shape index (κ1) is 27.5. The molecule has 0 aliphatic rings. The van der Waals surface area contributed by atoms with Gasteiger partial charge in [-0.3, -0.25) is 14.1 Å². The predicted octanol–water partition coefficient (Wildman–Crippen LogP) is 5.77. The van der Waals surface area contributed by atoms with E-state index in [0.29, 0.717) is 28.7 Å². The van der Waals surface area contributed by atoms with Gasteiger partial charge in [0.25, 0.3) is 11.3 Å². The van der Waals surface area contributed by atoms with Crippen molar-refractivity contribution in [1.29, 1.82) is 0 Å². The first-order chi connectivity index (χ1) is 18.6. The Hall–Kier alpha value is -4.49. The molecule has 39 heavy (non-hydrogen) atoms. The molecule has 13 heteroatoms. The van der Waals surface area contributed by atoms with Gasteiger partial charge in [-0.2, -0.15) is 4.98 Å². The molecule has 4 aromatic rings. The summed E-state index contributed by atoms with van der Waals surface area (Å²) in [6.45, 7) is 0. The Balaban J connectivity index is 1.31. The van der Waals surface area contributed by atoms with Gasteiger partial charge in [0, 0.05) is 30.4 Å². The molecule has 0 radical (unpaired) electrons. The van der Waals surface area contributed by atoms with Crippen molar-refractivity contribution in [3.63, 3.8) is 0 Å². The summed E-state index contributed by atoms with van der Waals surface area (Å²) in [6.07, 6.45) is -2.95. The lowest BCUT2D eigenvalue weighted by molar-refractivity contribution is -0.274. The van der Waals surface area contributed by atoms with E-state index in [9.17, 15) is 22.2 Å². The van der Waals surface area contributed by atoms with Crippen LogP contribution >= 0.6 is 0 Å². The zero-order valence-corrected chi connectivity index (χ0v) is 20.9. The molecule has 0 fully saturated rings. The van der Waals surface area contributed by atoms with Gasteiger partial charge in [-0.25, -0.2) is 9.19 Å². The van der Waals surface area contributed by atoms with E-state index in [1.807, 2.05) is 0 Å². The van der Waals surface area contributed by atoms with Gasteiger partial charge in [-0.05, 0) is 59.7 Å². The van der Waals surface area contributed by atoms with Crippen LogP contribution in [-0.2, 0) is 28.9 Å². The van der Waals surface area contributed by atoms with Gasteiger partial charge < -0.3 is 15.4 Å². The van der Waals surface area contributed by atoms with Gasteiger partial charge in [0.2, 0.25) is 5.95 Å². The van der Waals surface area contributed by atoms with Crippen LogP contribution in [0.5, 0.6) is 5.75 Å². The number of rotatable bonds is 11. The van der Waals surface area contributed by atoms with E-state index in [0.717, 1.165) is 11.3 Å². The number of aromatic nitrogens is 2. The van der Waals surface area contributed by atoms with Gasteiger partial charge in [0.15, 0.2) is 0 Å². The third-order valence-corrected chi connectivity index (χ3v) is 5.58. The van der Waals surface area contributed by atoms with Crippen LogP contribution in [0.1, 0.15) is 11.1 Å². The van der Waals surface area contributed by atoms with Crippen molar-refractivity contribution in [1.82, 2.24) is 9.97 Å². The second-order valence-electron chi connectivity index (χ2n) is 8.23. The Morgan fingerprint density at radius 1 is 0.872 bits per heavy atom. The average molecular weight is 558 g/mol. The standard InChI is InChI=1S/C26H22F3N5O4S/c27-26(28,29)38-23-10-6-18(7-11-23)15-22(35)14-17-4-8-19(9-5-17)31-24-12-13-30-25(33-24)32-20-2-1-3-21(16-20)34-39(36)37/h1-13,16,34H,14-15H2,(H,36,37)(H2,30,31,32,33). The van der Waals surface area contributed by atoms with Crippen LogP contribution in [0.15, 0.2) is 85.1 Å². The SMILES string of the molecule is O=C(Cc1ccc(Nc2ccnc(Nc3cccc(NS(=O)O)c3)n2)cc1)Cc1ccc(OC(F)(F)F)cc1. The number of carbonyl (C=O) groups excluding carboxylic acids is 1. The zero-order valence-electron chi connectivity index (χ0n) is 20.1. The van der Waals surface area contributed by atoms with E-state index in [1.54, 1.807) is 60.8 Å². The molecule has 4 N–H and O–H groups in total. The van der Waals surface area contributed by atoms with Crippen LogP contribution in [0.25, 0.3) is 0 Å². The average Bonchev–Trinajstić information content (AvgIpc) is 2.86. The third-order valence-electron chi connectivity index (χ3n) is 5.17. The highest BCUT2D eigenvalue weighted by molar-refractivity contribution is 7.80. The maximum atomic E-state index is 12.5.